The Morgan fingerprint density at radius 3 is 2.81 bits per heavy atom. The van der Waals surface area contributed by atoms with Crippen LogP contribution in [0.1, 0.15) is 30.1 Å². The number of nitrogens with one attached hydrogen (secondary N) is 2. The summed E-state index contributed by atoms with van der Waals surface area (Å²) in [5.74, 6) is 1.04. The number of thiophene rings is 1. The van der Waals surface area contributed by atoms with Crippen LogP contribution in [-0.4, -0.2) is 53.4 Å². The van der Waals surface area contributed by atoms with E-state index in [1.165, 1.54) is 31.1 Å². The minimum atomic E-state index is 0.410. The Morgan fingerprint density at radius 2 is 2.14 bits per heavy atom. The summed E-state index contributed by atoms with van der Waals surface area (Å²) in [6.07, 6.45) is 1.08. The van der Waals surface area contributed by atoms with Crippen LogP contribution in [0.4, 0.5) is 0 Å². The third-order valence-corrected chi connectivity index (χ3v) is 5.26. The van der Waals surface area contributed by atoms with Gasteiger partial charge in [-0.3, -0.25) is 0 Å². The monoisotopic (exact) mass is 308 g/mol. The van der Waals surface area contributed by atoms with E-state index in [4.69, 9.17) is 0 Å². The molecule has 3 heterocycles. The number of nitrogens with zero attached hydrogens (tertiary/aromatic N) is 4. The Labute approximate surface area is 129 Å². The lowest BCUT2D eigenvalue weighted by Crippen LogP contribution is -3.27. The molecule has 2 aromatic rings. The molecular weight excluding hydrogens is 284 g/mol. The average Bonchev–Trinajstić information content (AvgIpc) is 3.15. The summed E-state index contributed by atoms with van der Waals surface area (Å²) in [5, 5.41) is 14.6. The minimum Gasteiger partial charge on any atom is -0.328 e. The second-order valence-electron chi connectivity index (χ2n) is 5.85. The van der Waals surface area contributed by atoms with E-state index in [0.717, 1.165) is 18.8 Å². The van der Waals surface area contributed by atoms with Gasteiger partial charge in [-0.15, -0.1) is 16.4 Å². The Bertz CT molecular complexity index is 544. The third kappa shape index (κ3) is 3.30. The summed E-state index contributed by atoms with van der Waals surface area (Å²) in [4.78, 5) is 4.56. The van der Waals surface area contributed by atoms with Crippen molar-refractivity contribution in [3.63, 3.8) is 0 Å². The number of rotatable bonds is 5. The van der Waals surface area contributed by atoms with E-state index in [9.17, 15) is 0 Å². The van der Waals surface area contributed by atoms with Gasteiger partial charge in [-0.1, -0.05) is 13.0 Å². The van der Waals surface area contributed by atoms with Crippen molar-refractivity contribution in [2.75, 3.05) is 33.2 Å². The van der Waals surface area contributed by atoms with Crippen LogP contribution in [0.25, 0.3) is 0 Å². The highest BCUT2D eigenvalue weighted by molar-refractivity contribution is 7.09. The van der Waals surface area contributed by atoms with Crippen molar-refractivity contribution in [2.45, 2.75) is 25.9 Å². The molecule has 1 fully saturated rings. The van der Waals surface area contributed by atoms with Gasteiger partial charge in [-0.25, -0.2) is 4.68 Å². The Kier molecular flexibility index (Phi) is 4.62. The van der Waals surface area contributed by atoms with E-state index < -0.39 is 0 Å². The SMILES string of the molecule is CC[C@@H](c1nnnn1Cc1cccs1)[NH+]1CC[NH+](C)CC1. The maximum atomic E-state index is 4.34. The molecule has 1 atom stereocenters. The van der Waals surface area contributed by atoms with Crippen LogP contribution in [0.15, 0.2) is 17.5 Å². The largest absolute Gasteiger partial charge is 0.328 e. The Hall–Kier alpha value is -1.31. The summed E-state index contributed by atoms with van der Waals surface area (Å²) >= 11 is 1.76. The smallest absolute Gasteiger partial charge is 0.209 e. The summed E-state index contributed by atoms with van der Waals surface area (Å²) < 4.78 is 1.98. The van der Waals surface area contributed by atoms with Crippen LogP contribution in [0.5, 0.6) is 0 Å². The summed E-state index contributed by atoms with van der Waals surface area (Å²) in [5.41, 5.74) is 0. The molecule has 0 amide bonds. The average molecular weight is 308 g/mol. The van der Waals surface area contributed by atoms with Gasteiger partial charge in [-0.05, 0) is 21.9 Å². The van der Waals surface area contributed by atoms with Crippen molar-refractivity contribution >= 4 is 11.3 Å². The summed E-state index contributed by atoms with van der Waals surface area (Å²) in [6.45, 7) is 7.91. The standard InChI is InChI=1S/C14H22N6S/c1-3-13(19-8-6-18(2)7-9-19)14-15-16-17-20(14)11-12-5-4-10-21-12/h4-5,10,13H,3,6-9,11H2,1-2H3/p+2/t13-/m0/s1. The van der Waals surface area contributed by atoms with E-state index in [0.29, 0.717) is 6.04 Å². The molecule has 0 radical (unpaired) electrons. The van der Waals surface area contributed by atoms with Crippen molar-refractivity contribution in [1.29, 1.82) is 0 Å². The molecule has 7 heteroatoms. The van der Waals surface area contributed by atoms with E-state index >= 15 is 0 Å². The first-order valence-electron chi connectivity index (χ1n) is 7.72. The third-order valence-electron chi connectivity index (χ3n) is 4.40. The maximum Gasteiger partial charge on any atom is 0.209 e. The van der Waals surface area contributed by atoms with Crippen molar-refractivity contribution in [2.24, 2.45) is 0 Å². The van der Waals surface area contributed by atoms with Gasteiger partial charge in [0, 0.05) is 11.3 Å². The fraction of sp³-hybridized carbons (Fsp3) is 0.643. The van der Waals surface area contributed by atoms with Gasteiger partial charge in [0.25, 0.3) is 0 Å². The molecule has 0 spiro atoms. The highest BCUT2D eigenvalue weighted by atomic mass is 32.1. The molecule has 3 rings (SSSR count). The molecule has 114 valence electrons. The van der Waals surface area contributed by atoms with E-state index in [-0.39, 0.29) is 0 Å². The van der Waals surface area contributed by atoms with Crippen molar-refractivity contribution in [3.05, 3.63) is 28.2 Å². The number of aromatic nitrogens is 4. The van der Waals surface area contributed by atoms with Gasteiger partial charge in [0.2, 0.25) is 5.82 Å². The molecule has 0 saturated carbocycles. The molecule has 0 unspecified atom stereocenters. The highest BCUT2D eigenvalue weighted by Crippen LogP contribution is 2.14. The fourth-order valence-electron chi connectivity index (χ4n) is 3.12. The molecule has 21 heavy (non-hydrogen) atoms. The van der Waals surface area contributed by atoms with Crippen molar-refractivity contribution < 1.29 is 9.80 Å². The zero-order chi connectivity index (χ0) is 14.7. The lowest BCUT2D eigenvalue weighted by atomic mass is 10.1. The fourth-order valence-corrected chi connectivity index (χ4v) is 3.81. The van der Waals surface area contributed by atoms with Crippen molar-refractivity contribution in [3.8, 4) is 0 Å². The lowest BCUT2D eigenvalue weighted by Gasteiger charge is -2.32. The molecule has 0 aliphatic carbocycles. The lowest BCUT2D eigenvalue weighted by molar-refractivity contribution is -1.02. The molecule has 0 aromatic carbocycles. The second-order valence-corrected chi connectivity index (χ2v) is 6.88. The number of quaternary nitrogens is 2. The predicted molar refractivity (Wildman–Crippen MR) is 81.6 cm³/mol. The maximum absolute atomic E-state index is 4.34. The Balaban J connectivity index is 1.76. The number of hydrogen-bond acceptors (Lipinski definition) is 4. The van der Waals surface area contributed by atoms with Crippen LogP contribution in [0.2, 0.25) is 0 Å². The van der Waals surface area contributed by atoms with E-state index in [1.54, 1.807) is 21.1 Å². The van der Waals surface area contributed by atoms with Gasteiger partial charge < -0.3 is 9.80 Å². The molecule has 2 N–H and O–H groups in total. The summed E-state index contributed by atoms with van der Waals surface area (Å²) in [7, 11) is 2.28. The van der Waals surface area contributed by atoms with Crippen LogP contribution in [0.3, 0.4) is 0 Å². The highest BCUT2D eigenvalue weighted by Gasteiger charge is 2.31. The first-order valence-corrected chi connectivity index (χ1v) is 8.60. The topological polar surface area (TPSA) is 52.5 Å². The Morgan fingerprint density at radius 1 is 1.33 bits per heavy atom. The van der Waals surface area contributed by atoms with Gasteiger partial charge >= 0.3 is 0 Å². The minimum absolute atomic E-state index is 0.410. The molecule has 1 aliphatic rings. The predicted octanol–water partition coefficient (Wildman–Crippen LogP) is -1.35. The van der Waals surface area contributed by atoms with Gasteiger partial charge in [0.05, 0.1) is 13.6 Å². The quantitative estimate of drug-likeness (QED) is 0.718. The van der Waals surface area contributed by atoms with Gasteiger partial charge in [0.15, 0.2) is 0 Å². The zero-order valence-corrected chi connectivity index (χ0v) is 13.6. The molecular formula is C14H24N6S+2. The van der Waals surface area contributed by atoms with Gasteiger partial charge in [0.1, 0.15) is 32.2 Å². The second kappa shape index (κ2) is 6.64. The van der Waals surface area contributed by atoms with E-state index in [2.05, 4.69) is 47.0 Å². The van der Waals surface area contributed by atoms with Crippen LogP contribution >= 0.6 is 11.3 Å². The van der Waals surface area contributed by atoms with Crippen LogP contribution < -0.4 is 9.80 Å². The van der Waals surface area contributed by atoms with E-state index in [1.807, 2.05) is 4.68 Å². The molecule has 6 nitrogen and oxygen atoms in total. The van der Waals surface area contributed by atoms with Crippen LogP contribution in [-0.2, 0) is 6.54 Å². The molecule has 1 aliphatic heterocycles. The first-order chi connectivity index (χ1) is 10.3. The van der Waals surface area contributed by atoms with Gasteiger partial charge in [-0.2, -0.15) is 0 Å². The zero-order valence-electron chi connectivity index (χ0n) is 12.7. The first kappa shape index (κ1) is 14.6. The van der Waals surface area contributed by atoms with Crippen LogP contribution in [0, 0.1) is 0 Å². The molecule has 1 saturated heterocycles. The number of tetrazole rings is 1. The van der Waals surface area contributed by atoms with Crippen molar-refractivity contribution in [1.82, 2.24) is 20.2 Å². The number of hydrogen-bond donors (Lipinski definition) is 2. The number of likely N-dealkylation sites (N-methyl/N-ethyl adjacent to an activating group) is 1. The number of piperazine rings is 1. The summed E-state index contributed by atoms with van der Waals surface area (Å²) in [6, 6.07) is 4.63. The molecule has 2 aromatic heterocycles. The normalized spacial score (nSPS) is 24.1. The molecule has 0 bridgehead atoms.